The summed E-state index contributed by atoms with van der Waals surface area (Å²) in [6.45, 7) is 3.20. The van der Waals surface area contributed by atoms with Gasteiger partial charge in [-0.25, -0.2) is 13.4 Å². The van der Waals surface area contributed by atoms with Gasteiger partial charge in [-0.3, -0.25) is 4.79 Å². The van der Waals surface area contributed by atoms with Gasteiger partial charge in [-0.05, 0) is 50.2 Å². The van der Waals surface area contributed by atoms with Crippen LogP contribution in [0.1, 0.15) is 19.5 Å². The van der Waals surface area contributed by atoms with Crippen molar-refractivity contribution in [3.8, 4) is 0 Å². The van der Waals surface area contributed by atoms with Gasteiger partial charge < -0.3 is 5.32 Å². The number of sulfone groups is 1. The molecule has 1 heterocycles. The molecule has 1 aromatic heterocycles. The van der Waals surface area contributed by atoms with E-state index in [2.05, 4.69) is 10.3 Å². The summed E-state index contributed by atoms with van der Waals surface area (Å²) < 4.78 is 60.1. The monoisotopic (exact) mass is 418 g/mol. The Morgan fingerprint density at radius 2 is 1.67 bits per heavy atom. The summed E-state index contributed by atoms with van der Waals surface area (Å²) in [5, 5.41) is 2.38. The summed E-state index contributed by atoms with van der Waals surface area (Å²) in [6.07, 6.45) is -3.51. The van der Waals surface area contributed by atoms with Gasteiger partial charge in [0.05, 0.1) is 9.64 Å². The van der Waals surface area contributed by atoms with Crippen molar-refractivity contribution in [1.29, 1.82) is 0 Å². The highest BCUT2D eigenvalue weighted by atomic mass is 32.2. The normalized spacial score (nSPS) is 12.7. The largest absolute Gasteiger partial charge is 0.433 e. The van der Waals surface area contributed by atoms with Crippen LogP contribution in [0.15, 0.2) is 52.3 Å². The van der Waals surface area contributed by atoms with E-state index < -0.39 is 32.4 Å². The fraction of sp³-hybridized carbons (Fsp3) is 0.294. The second-order valence-electron chi connectivity index (χ2n) is 6.22. The molecule has 0 aliphatic carbocycles. The van der Waals surface area contributed by atoms with E-state index in [0.29, 0.717) is 4.90 Å². The number of thioether (sulfide) groups is 1. The van der Waals surface area contributed by atoms with Crippen LogP contribution >= 0.6 is 11.8 Å². The molecule has 1 aromatic carbocycles. The fourth-order valence-corrected chi connectivity index (χ4v) is 3.66. The molecule has 0 atom stereocenters. The van der Waals surface area contributed by atoms with Gasteiger partial charge in [0.1, 0.15) is 11.5 Å². The van der Waals surface area contributed by atoms with E-state index in [-0.39, 0.29) is 10.7 Å². The molecule has 0 spiro atoms. The molecule has 2 rings (SSSR count). The molecule has 0 bridgehead atoms. The number of aromatic nitrogens is 1. The zero-order chi connectivity index (χ0) is 20.5. The van der Waals surface area contributed by atoms with Gasteiger partial charge in [-0.1, -0.05) is 6.07 Å². The van der Waals surface area contributed by atoms with Gasteiger partial charge >= 0.3 is 6.18 Å². The lowest BCUT2D eigenvalue weighted by Crippen LogP contribution is -2.34. The highest BCUT2D eigenvalue weighted by molar-refractivity contribution is 8.01. The number of rotatable bonds is 5. The lowest BCUT2D eigenvalue weighted by Gasteiger charge is -2.23. The van der Waals surface area contributed by atoms with Crippen molar-refractivity contribution in [3.63, 3.8) is 0 Å². The average molecular weight is 418 g/mol. The molecule has 0 unspecified atom stereocenters. The van der Waals surface area contributed by atoms with E-state index in [1.165, 1.54) is 18.2 Å². The number of alkyl halides is 3. The Labute approximate surface area is 159 Å². The Morgan fingerprint density at radius 1 is 1.07 bits per heavy atom. The number of carbonyl (C=O) groups excluding carboxylic acids is 1. The van der Waals surface area contributed by atoms with Crippen LogP contribution in [0.5, 0.6) is 0 Å². The summed E-state index contributed by atoms with van der Waals surface area (Å²) in [7, 11) is -3.33. The van der Waals surface area contributed by atoms with Gasteiger partial charge in [-0.15, -0.1) is 11.8 Å². The molecular formula is C17H17F3N2O3S2. The third-order valence-corrected chi connectivity index (χ3v) is 5.78. The molecule has 0 fully saturated rings. The molecule has 1 amide bonds. The first-order chi connectivity index (χ1) is 12.3. The Balaban J connectivity index is 2.13. The number of halogens is 3. The van der Waals surface area contributed by atoms with E-state index in [4.69, 9.17) is 0 Å². The lowest BCUT2D eigenvalue weighted by atomic mass is 10.2. The lowest BCUT2D eigenvalue weighted by molar-refractivity contribution is -0.141. The summed E-state index contributed by atoms with van der Waals surface area (Å²) >= 11 is 1.15. The van der Waals surface area contributed by atoms with Crippen molar-refractivity contribution in [2.45, 2.75) is 34.6 Å². The van der Waals surface area contributed by atoms with Gasteiger partial charge in [0, 0.05) is 11.2 Å². The maximum absolute atomic E-state index is 12.7. The second kappa shape index (κ2) is 7.51. The molecular weight excluding hydrogens is 401 g/mol. The first-order valence-corrected chi connectivity index (χ1v) is 10.3. The van der Waals surface area contributed by atoms with E-state index in [1.54, 1.807) is 26.0 Å². The van der Waals surface area contributed by atoms with Crippen molar-refractivity contribution in [2.24, 2.45) is 0 Å². The minimum atomic E-state index is -4.60. The number of nitrogens with zero attached hydrogens (tertiary/aromatic N) is 1. The second-order valence-corrected chi connectivity index (χ2v) is 9.93. The third kappa shape index (κ3) is 5.70. The van der Waals surface area contributed by atoms with Crippen LogP contribution < -0.4 is 5.32 Å². The Hall–Kier alpha value is -2.07. The van der Waals surface area contributed by atoms with Crippen LogP contribution in [-0.4, -0.2) is 30.3 Å². The minimum absolute atomic E-state index is 0.155. The number of pyridine rings is 1. The molecule has 146 valence electrons. The smallest absolute Gasteiger partial charge is 0.309 e. The van der Waals surface area contributed by atoms with Gasteiger partial charge in [0.15, 0.2) is 9.84 Å². The van der Waals surface area contributed by atoms with Crippen molar-refractivity contribution in [3.05, 3.63) is 48.2 Å². The summed E-state index contributed by atoms with van der Waals surface area (Å²) in [4.78, 5) is 16.7. The first-order valence-electron chi connectivity index (χ1n) is 7.64. The van der Waals surface area contributed by atoms with Crippen molar-refractivity contribution < 1.29 is 26.4 Å². The van der Waals surface area contributed by atoms with Crippen LogP contribution in [0.2, 0.25) is 0 Å². The molecule has 2 aromatic rings. The summed E-state index contributed by atoms with van der Waals surface area (Å²) in [6, 6.07) is 9.25. The van der Waals surface area contributed by atoms with E-state index >= 15 is 0 Å². The van der Waals surface area contributed by atoms with Gasteiger partial charge in [0.2, 0.25) is 5.91 Å². The highest BCUT2D eigenvalue weighted by Gasteiger charge is 2.33. The van der Waals surface area contributed by atoms with Crippen molar-refractivity contribution >= 4 is 33.3 Å². The Morgan fingerprint density at radius 3 is 2.19 bits per heavy atom. The van der Waals surface area contributed by atoms with Crippen LogP contribution in [-0.2, 0) is 20.8 Å². The van der Waals surface area contributed by atoms with Crippen LogP contribution in [0.3, 0.4) is 0 Å². The molecule has 5 nitrogen and oxygen atoms in total. The van der Waals surface area contributed by atoms with Gasteiger partial charge in [0.25, 0.3) is 0 Å². The predicted molar refractivity (Wildman–Crippen MR) is 97.4 cm³/mol. The zero-order valence-corrected chi connectivity index (χ0v) is 16.3. The van der Waals surface area contributed by atoms with E-state index in [0.717, 1.165) is 30.2 Å². The number of carbonyl (C=O) groups is 1. The summed E-state index contributed by atoms with van der Waals surface area (Å²) in [5.41, 5.74) is -1.10. The molecule has 0 saturated carbocycles. The summed E-state index contributed by atoms with van der Waals surface area (Å²) in [5.74, 6) is -0.734. The predicted octanol–water partition coefficient (Wildman–Crippen LogP) is 4.01. The molecule has 1 N–H and O–H groups in total. The maximum Gasteiger partial charge on any atom is 0.433 e. The molecule has 0 saturated heterocycles. The number of amides is 1. The molecule has 0 radical (unpaired) electrons. The molecule has 0 aliphatic rings. The fourth-order valence-electron chi connectivity index (χ4n) is 2.02. The number of anilines is 1. The highest BCUT2D eigenvalue weighted by Crippen LogP contribution is 2.34. The number of hydrogen-bond acceptors (Lipinski definition) is 5. The third-order valence-electron chi connectivity index (χ3n) is 3.45. The minimum Gasteiger partial charge on any atom is -0.309 e. The Bertz CT molecular complexity index is 941. The molecule has 10 heteroatoms. The topological polar surface area (TPSA) is 76.1 Å². The SMILES string of the molecule is CC(C)(Sc1ccc(S(C)(=O)=O)cc1)C(=O)Nc1cccc(C(F)(F)F)n1. The molecule has 0 aliphatic heterocycles. The molecule has 27 heavy (non-hydrogen) atoms. The zero-order valence-electron chi connectivity index (χ0n) is 14.7. The Kier molecular flexibility index (Phi) is 5.91. The van der Waals surface area contributed by atoms with Crippen LogP contribution in [0, 0.1) is 0 Å². The standard InChI is InChI=1S/C17H17F3N2O3S2/c1-16(2,26-11-7-9-12(10-8-11)27(3,24)25)15(23)22-14-6-4-5-13(21-14)17(18,19)20/h4-10H,1-3H3,(H,21,22,23). The van der Waals surface area contributed by atoms with Crippen LogP contribution in [0.25, 0.3) is 0 Å². The number of nitrogens with one attached hydrogen (secondary N) is 1. The van der Waals surface area contributed by atoms with Crippen molar-refractivity contribution in [1.82, 2.24) is 4.98 Å². The quantitative estimate of drug-likeness (QED) is 0.743. The van der Waals surface area contributed by atoms with Crippen LogP contribution in [0.4, 0.5) is 19.0 Å². The maximum atomic E-state index is 12.7. The first kappa shape index (κ1) is 21.2. The van der Waals surface area contributed by atoms with Crippen molar-refractivity contribution in [2.75, 3.05) is 11.6 Å². The van der Waals surface area contributed by atoms with E-state index in [9.17, 15) is 26.4 Å². The van der Waals surface area contributed by atoms with E-state index in [1.807, 2.05) is 0 Å². The number of benzene rings is 1. The van der Waals surface area contributed by atoms with Gasteiger partial charge in [-0.2, -0.15) is 13.2 Å². The average Bonchev–Trinajstić information content (AvgIpc) is 2.53. The number of hydrogen-bond donors (Lipinski definition) is 1.